The third-order valence-electron chi connectivity index (χ3n) is 2.50. The Bertz CT molecular complexity index is 329. The fraction of sp³-hybridized carbons (Fsp3) is 0.571. The van der Waals surface area contributed by atoms with Gasteiger partial charge in [-0.15, -0.1) is 0 Å². The lowest BCUT2D eigenvalue weighted by molar-refractivity contribution is -0.233. The molecule has 102 valence electrons. The summed E-state index contributed by atoms with van der Waals surface area (Å²) in [5.41, 5.74) is -0.0902. The van der Waals surface area contributed by atoms with Crippen molar-refractivity contribution in [2.45, 2.75) is 6.92 Å². The van der Waals surface area contributed by atoms with E-state index in [1.54, 1.807) is 7.11 Å². The summed E-state index contributed by atoms with van der Waals surface area (Å²) in [6.07, 6.45) is 0. The number of ether oxygens (including phenoxy) is 1. The molecule has 1 unspecified atom stereocenters. The fourth-order valence-corrected chi connectivity index (χ4v) is 1.96. The van der Waals surface area contributed by atoms with E-state index < -0.39 is 0 Å². The monoisotopic (exact) mass is 253 g/mol. The molecule has 4 nitrogen and oxygen atoms in total. The molecular formula is C14H23NO3. The smallest absolute Gasteiger partial charge is 0.165 e. The van der Waals surface area contributed by atoms with Crippen molar-refractivity contribution in [1.29, 1.82) is 0 Å². The number of methoxy groups -OCH3 is 1. The van der Waals surface area contributed by atoms with E-state index in [0.717, 1.165) is 6.54 Å². The van der Waals surface area contributed by atoms with Gasteiger partial charge in [0.05, 0.1) is 6.61 Å². The molecule has 0 spiro atoms. The molecule has 0 saturated heterocycles. The Hall–Kier alpha value is -1.10. The molecule has 18 heavy (non-hydrogen) atoms. The second-order valence-electron chi connectivity index (χ2n) is 5.14. The van der Waals surface area contributed by atoms with Crippen LogP contribution in [0.3, 0.4) is 0 Å². The molecule has 0 saturated carbocycles. The minimum atomic E-state index is -0.0902. The maximum absolute atomic E-state index is 5.33. The third kappa shape index (κ3) is 5.49. The van der Waals surface area contributed by atoms with E-state index in [1.165, 1.54) is 0 Å². The highest BCUT2D eigenvalue weighted by Gasteiger charge is 2.26. The van der Waals surface area contributed by atoms with Gasteiger partial charge in [-0.2, -0.15) is 4.89 Å². The van der Waals surface area contributed by atoms with E-state index in [4.69, 9.17) is 14.5 Å². The van der Waals surface area contributed by atoms with E-state index >= 15 is 0 Å². The minimum absolute atomic E-state index is 0.0902. The molecule has 1 rings (SSSR count). The molecule has 0 aliphatic rings. The molecule has 4 heteroatoms. The first-order chi connectivity index (χ1) is 8.56. The van der Waals surface area contributed by atoms with Crippen molar-refractivity contribution >= 4 is 0 Å². The summed E-state index contributed by atoms with van der Waals surface area (Å²) in [7, 11) is 5.77. The van der Waals surface area contributed by atoms with Gasteiger partial charge in [0.15, 0.2) is 5.75 Å². The van der Waals surface area contributed by atoms with Crippen LogP contribution in [0.1, 0.15) is 6.92 Å². The van der Waals surface area contributed by atoms with Gasteiger partial charge in [-0.25, -0.2) is 0 Å². The molecule has 0 fully saturated rings. The van der Waals surface area contributed by atoms with Crippen molar-refractivity contribution in [3.05, 3.63) is 30.3 Å². The van der Waals surface area contributed by atoms with E-state index in [2.05, 4.69) is 11.8 Å². The summed E-state index contributed by atoms with van der Waals surface area (Å²) in [6.45, 7) is 4.10. The molecule has 1 atom stereocenters. The largest absolute Gasteiger partial charge is 0.384 e. The van der Waals surface area contributed by atoms with Crippen LogP contribution in [-0.4, -0.2) is 45.9 Å². The van der Waals surface area contributed by atoms with Crippen LogP contribution in [0.4, 0.5) is 0 Å². The topological polar surface area (TPSA) is 30.9 Å². The second kappa shape index (κ2) is 7.36. The van der Waals surface area contributed by atoms with Gasteiger partial charge in [0.2, 0.25) is 0 Å². The zero-order chi connectivity index (χ0) is 13.4. The number of rotatable bonds is 8. The van der Waals surface area contributed by atoms with Crippen molar-refractivity contribution in [3.63, 3.8) is 0 Å². The molecule has 0 aromatic heterocycles. The average Bonchev–Trinajstić information content (AvgIpc) is 2.29. The van der Waals surface area contributed by atoms with Crippen molar-refractivity contribution in [1.82, 2.24) is 4.90 Å². The predicted molar refractivity (Wildman–Crippen MR) is 71.6 cm³/mol. The highest BCUT2D eigenvalue weighted by molar-refractivity contribution is 5.20. The maximum atomic E-state index is 5.33. The highest BCUT2D eigenvalue weighted by Crippen LogP contribution is 2.19. The lowest BCUT2D eigenvalue weighted by Gasteiger charge is -2.30. The first-order valence-electron chi connectivity index (χ1n) is 6.04. The quantitative estimate of drug-likeness (QED) is 0.525. The van der Waals surface area contributed by atoms with Gasteiger partial charge in [0.1, 0.15) is 6.61 Å². The van der Waals surface area contributed by atoms with Crippen LogP contribution < -0.4 is 4.89 Å². The van der Waals surface area contributed by atoms with Gasteiger partial charge in [0, 0.05) is 19.1 Å². The van der Waals surface area contributed by atoms with Gasteiger partial charge in [-0.3, -0.25) is 0 Å². The highest BCUT2D eigenvalue weighted by atomic mass is 17.2. The maximum Gasteiger partial charge on any atom is 0.165 e. The zero-order valence-corrected chi connectivity index (χ0v) is 11.7. The van der Waals surface area contributed by atoms with Crippen LogP contribution in [0.5, 0.6) is 5.75 Å². The number of hydrogen-bond acceptors (Lipinski definition) is 4. The van der Waals surface area contributed by atoms with Crippen LogP contribution in [0.25, 0.3) is 0 Å². The first kappa shape index (κ1) is 15.0. The summed E-state index contributed by atoms with van der Waals surface area (Å²) in [4.78, 5) is 12.7. The Kier molecular flexibility index (Phi) is 6.12. The summed E-state index contributed by atoms with van der Waals surface area (Å²) in [5.74, 6) is 0.710. The summed E-state index contributed by atoms with van der Waals surface area (Å²) < 4.78 is 5.25. The molecule has 0 heterocycles. The van der Waals surface area contributed by atoms with Crippen LogP contribution in [0.15, 0.2) is 30.3 Å². The second-order valence-corrected chi connectivity index (χ2v) is 5.14. The van der Waals surface area contributed by atoms with E-state index in [-0.39, 0.29) is 5.41 Å². The molecule has 0 aliphatic heterocycles. The van der Waals surface area contributed by atoms with Crippen LogP contribution in [-0.2, 0) is 9.62 Å². The predicted octanol–water partition coefficient (Wildman–Crippen LogP) is 2.21. The fourth-order valence-electron chi connectivity index (χ4n) is 1.96. The molecule has 0 amide bonds. The molecule has 0 aliphatic carbocycles. The van der Waals surface area contributed by atoms with Gasteiger partial charge in [0.25, 0.3) is 0 Å². The van der Waals surface area contributed by atoms with Gasteiger partial charge in [-0.1, -0.05) is 25.1 Å². The van der Waals surface area contributed by atoms with Crippen molar-refractivity contribution in [2.24, 2.45) is 5.41 Å². The lowest BCUT2D eigenvalue weighted by Crippen LogP contribution is -2.39. The Morgan fingerprint density at radius 3 is 2.33 bits per heavy atom. The first-order valence-corrected chi connectivity index (χ1v) is 6.04. The minimum Gasteiger partial charge on any atom is -0.384 e. The Morgan fingerprint density at radius 1 is 1.11 bits per heavy atom. The van der Waals surface area contributed by atoms with Gasteiger partial charge >= 0.3 is 0 Å². The van der Waals surface area contributed by atoms with Gasteiger partial charge in [-0.05, 0) is 26.2 Å². The lowest BCUT2D eigenvalue weighted by atomic mass is 9.92. The van der Waals surface area contributed by atoms with Crippen LogP contribution >= 0.6 is 0 Å². The Balaban J connectivity index is 2.42. The van der Waals surface area contributed by atoms with Crippen LogP contribution in [0, 0.1) is 5.41 Å². The van der Waals surface area contributed by atoms with Crippen molar-refractivity contribution < 1.29 is 14.5 Å². The Morgan fingerprint density at radius 2 is 1.78 bits per heavy atom. The third-order valence-corrected chi connectivity index (χ3v) is 2.50. The normalized spacial score (nSPS) is 14.5. The van der Waals surface area contributed by atoms with E-state index in [9.17, 15) is 0 Å². The van der Waals surface area contributed by atoms with Gasteiger partial charge < -0.3 is 14.5 Å². The standard InChI is InChI=1S/C14H23NO3/c1-14(11-16-4,10-15(2)3)12-17-18-13-8-6-5-7-9-13/h5-9H,10-12H2,1-4H3. The SMILES string of the molecule is COCC(C)(COOc1ccccc1)CN(C)C. The van der Waals surface area contributed by atoms with Crippen molar-refractivity contribution in [2.75, 3.05) is 41.0 Å². The molecule has 0 N–H and O–H groups in total. The average molecular weight is 253 g/mol. The molecule has 0 radical (unpaired) electrons. The van der Waals surface area contributed by atoms with E-state index in [0.29, 0.717) is 19.0 Å². The number of para-hydroxylation sites is 1. The molecule has 1 aromatic rings. The summed E-state index contributed by atoms with van der Waals surface area (Å²) in [5, 5.41) is 0. The zero-order valence-electron chi connectivity index (χ0n) is 11.7. The van der Waals surface area contributed by atoms with Crippen LogP contribution in [0.2, 0.25) is 0 Å². The summed E-state index contributed by atoms with van der Waals surface area (Å²) >= 11 is 0. The number of hydrogen-bond donors (Lipinski definition) is 0. The molecular weight excluding hydrogens is 230 g/mol. The Labute approximate surface area is 109 Å². The molecule has 1 aromatic carbocycles. The number of benzene rings is 1. The van der Waals surface area contributed by atoms with E-state index in [1.807, 2.05) is 44.4 Å². The number of nitrogens with zero attached hydrogens (tertiary/aromatic N) is 1. The van der Waals surface area contributed by atoms with Crippen molar-refractivity contribution in [3.8, 4) is 5.75 Å². The molecule has 0 bridgehead atoms. The summed E-state index contributed by atoms with van der Waals surface area (Å²) in [6, 6.07) is 9.48.